The molecule has 0 fully saturated rings. The van der Waals surface area contributed by atoms with E-state index in [1.54, 1.807) is 67.7 Å². The second-order valence-electron chi connectivity index (χ2n) is 6.94. The Morgan fingerprint density at radius 2 is 1.77 bits per heavy atom. The first-order valence-electron chi connectivity index (χ1n) is 9.36. The third-order valence-corrected chi connectivity index (χ3v) is 5.61. The van der Waals surface area contributed by atoms with Crippen LogP contribution in [-0.2, 0) is 23.2 Å². The molecule has 0 saturated carbocycles. The molecular weight excluding hydrogens is 414 g/mol. The number of carbonyl (C=O) groups excluding carboxylic acids is 1. The van der Waals surface area contributed by atoms with Crippen molar-refractivity contribution in [2.24, 2.45) is 5.14 Å². The van der Waals surface area contributed by atoms with Gasteiger partial charge in [0.25, 0.3) is 5.91 Å². The maximum absolute atomic E-state index is 12.9. The lowest BCUT2D eigenvalue weighted by Gasteiger charge is -2.19. The molecule has 1 amide bonds. The van der Waals surface area contributed by atoms with Crippen molar-refractivity contribution >= 4 is 15.9 Å². The van der Waals surface area contributed by atoms with Crippen molar-refractivity contribution in [3.8, 4) is 11.8 Å². The standard InChI is InChI=1S/C23H21N3O4S/c1-26(15-20-6-2-3-8-22(20)31(25,28)29)23(27)19-7-4-5-18(13-19)16-30-21-11-9-17(14-24)10-12-21/h2-13H,15-16H2,1H3,(H2,25,28,29). The van der Waals surface area contributed by atoms with Crippen LogP contribution in [0.15, 0.2) is 77.7 Å². The van der Waals surface area contributed by atoms with Gasteiger partial charge in [-0.25, -0.2) is 13.6 Å². The van der Waals surface area contributed by atoms with Gasteiger partial charge < -0.3 is 9.64 Å². The molecule has 3 aromatic carbocycles. The number of nitriles is 1. The van der Waals surface area contributed by atoms with E-state index in [1.807, 2.05) is 12.1 Å². The molecule has 0 saturated heterocycles. The van der Waals surface area contributed by atoms with E-state index < -0.39 is 10.0 Å². The highest BCUT2D eigenvalue weighted by atomic mass is 32.2. The minimum absolute atomic E-state index is 0.000725. The summed E-state index contributed by atoms with van der Waals surface area (Å²) in [7, 11) is -2.29. The fourth-order valence-corrected chi connectivity index (χ4v) is 3.81. The molecular formula is C23H21N3O4S. The van der Waals surface area contributed by atoms with E-state index in [9.17, 15) is 13.2 Å². The van der Waals surface area contributed by atoms with Crippen LogP contribution >= 0.6 is 0 Å². The smallest absolute Gasteiger partial charge is 0.253 e. The normalized spacial score (nSPS) is 10.9. The Morgan fingerprint density at radius 3 is 2.45 bits per heavy atom. The lowest BCUT2D eigenvalue weighted by Crippen LogP contribution is -2.27. The lowest BCUT2D eigenvalue weighted by molar-refractivity contribution is 0.0783. The molecule has 2 N–H and O–H groups in total. The molecule has 0 aliphatic carbocycles. The summed E-state index contributed by atoms with van der Waals surface area (Å²) in [6, 6.07) is 22.2. The summed E-state index contributed by atoms with van der Waals surface area (Å²) in [6.07, 6.45) is 0. The van der Waals surface area contributed by atoms with Gasteiger partial charge in [0.2, 0.25) is 10.0 Å². The van der Waals surface area contributed by atoms with Crippen molar-refractivity contribution in [1.29, 1.82) is 5.26 Å². The number of ether oxygens (including phenoxy) is 1. The highest BCUT2D eigenvalue weighted by Gasteiger charge is 2.18. The molecule has 158 valence electrons. The van der Waals surface area contributed by atoms with Crippen molar-refractivity contribution in [2.75, 3.05) is 7.05 Å². The molecule has 0 radical (unpaired) electrons. The predicted octanol–water partition coefficient (Wildman–Crippen LogP) is 3.06. The van der Waals surface area contributed by atoms with Gasteiger partial charge in [0, 0.05) is 19.2 Å². The monoisotopic (exact) mass is 435 g/mol. The highest BCUT2D eigenvalue weighted by molar-refractivity contribution is 7.89. The zero-order chi connectivity index (χ0) is 22.4. The van der Waals surface area contributed by atoms with Crippen LogP contribution in [0.2, 0.25) is 0 Å². The molecule has 7 nitrogen and oxygen atoms in total. The zero-order valence-electron chi connectivity index (χ0n) is 16.9. The number of carbonyl (C=O) groups is 1. The number of primary sulfonamides is 1. The summed E-state index contributed by atoms with van der Waals surface area (Å²) in [6.45, 7) is 0.350. The van der Waals surface area contributed by atoms with Crippen LogP contribution in [0, 0.1) is 11.3 Å². The first-order chi connectivity index (χ1) is 14.8. The molecule has 0 atom stereocenters. The number of nitrogens with zero attached hydrogens (tertiary/aromatic N) is 2. The first-order valence-corrected chi connectivity index (χ1v) is 10.9. The van der Waals surface area contributed by atoms with E-state index in [2.05, 4.69) is 0 Å². The number of nitrogens with two attached hydrogens (primary N) is 1. The molecule has 0 aliphatic rings. The second-order valence-corrected chi connectivity index (χ2v) is 8.47. The minimum atomic E-state index is -3.89. The zero-order valence-corrected chi connectivity index (χ0v) is 17.7. The Balaban J connectivity index is 1.70. The van der Waals surface area contributed by atoms with Gasteiger partial charge in [-0.1, -0.05) is 30.3 Å². The van der Waals surface area contributed by atoms with Crippen molar-refractivity contribution in [3.63, 3.8) is 0 Å². The fraction of sp³-hybridized carbons (Fsp3) is 0.130. The average molecular weight is 436 g/mol. The van der Waals surface area contributed by atoms with Crippen molar-refractivity contribution < 1.29 is 17.9 Å². The number of rotatable bonds is 7. The van der Waals surface area contributed by atoms with Crippen LogP contribution in [0.25, 0.3) is 0 Å². The largest absolute Gasteiger partial charge is 0.489 e. The van der Waals surface area contributed by atoms with Gasteiger partial charge >= 0.3 is 0 Å². The van der Waals surface area contributed by atoms with Gasteiger partial charge in [-0.3, -0.25) is 4.79 Å². The van der Waals surface area contributed by atoms with Crippen LogP contribution < -0.4 is 9.88 Å². The Kier molecular flexibility index (Phi) is 6.70. The van der Waals surface area contributed by atoms with Crippen LogP contribution in [0.4, 0.5) is 0 Å². The van der Waals surface area contributed by atoms with Crippen LogP contribution in [0.3, 0.4) is 0 Å². The van der Waals surface area contributed by atoms with E-state index in [1.165, 1.54) is 11.0 Å². The first kappa shape index (κ1) is 22.0. The molecule has 0 heterocycles. The molecule has 0 spiro atoms. The molecule has 8 heteroatoms. The topological polar surface area (TPSA) is 113 Å². The highest BCUT2D eigenvalue weighted by Crippen LogP contribution is 2.18. The Bertz CT molecular complexity index is 1230. The molecule has 31 heavy (non-hydrogen) atoms. The van der Waals surface area contributed by atoms with Crippen molar-refractivity contribution in [1.82, 2.24) is 4.90 Å². The Labute approximate surface area is 181 Å². The summed E-state index contributed by atoms with van der Waals surface area (Å²) in [5, 5.41) is 14.1. The van der Waals surface area contributed by atoms with Gasteiger partial charge in [0.15, 0.2) is 0 Å². The van der Waals surface area contributed by atoms with E-state index in [0.717, 1.165) is 5.56 Å². The number of sulfonamides is 1. The van der Waals surface area contributed by atoms with E-state index in [4.69, 9.17) is 15.1 Å². The van der Waals surface area contributed by atoms with Crippen LogP contribution in [0.1, 0.15) is 27.0 Å². The maximum atomic E-state index is 12.9. The predicted molar refractivity (Wildman–Crippen MR) is 116 cm³/mol. The molecule has 0 unspecified atom stereocenters. The van der Waals surface area contributed by atoms with E-state index in [-0.39, 0.29) is 24.0 Å². The number of amides is 1. The van der Waals surface area contributed by atoms with Gasteiger partial charge in [-0.05, 0) is 53.6 Å². The van der Waals surface area contributed by atoms with Crippen molar-refractivity contribution in [3.05, 3.63) is 95.1 Å². The van der Waals surface area contributed by atoms with Gasteiger partial charge in [0.1, 0.15) is 12.4 Å². The minimum Gasteiger partial charge on any atom is -0.489 e. The van der Waals surface area contributed by atoms with Crippen LogP contribution in [0.5, 0.6) is 5.75 Å². The number of hydrogen-bond donors (Lipinski definition) is 1. The summed E-state index contributed by atoms with van der Waals surface area (Å²) in [5.41, 5.74) is 2.25. The summed E-state index contributed by atoms with van der Waals surface area (Å²) < 4.78 is 29.3. The number of hydrogen-bond acceptors (Lipinski definition) is 5. The van der Waals surface area contributed by atoms with Gasteiger partial charge in [-0.2, -0.15) is 5.26 Å². The van der Waals surface area contributed by atoms with Crippen molar-refractivity contribution in [2.45, 2.75) is 18.0 Å². The molecule has 0 aromatic heterocycles. The van der Waals surface area contributed by atoms with E-state index >= 15 is 0 Å². The van der Waals surface area contributed by atoms with Gasteiger partial charge in [-0.15, -0.1) is 0 Å². The van der Waals surface area contributed by atoms with Crippen LogP contribution in [-0.4, -0.2) is 26.3 Å². The molecule has 3 rings (SSSR count). The number of benzene rings is 3. The Hall–Kier alpha value is -3.67. The van der Waals surface area contributed by atoms with Gasteiger partial charge in [0.05, 0.1) is 16.5 Å². The second kappa shape index (κ2) is 9.43. The molecule has 0 aliphatic heterocycles. The SMILES string of the molecule is CN(Cc1ccccc1S(N)(=O)=O)C(=O)c1cccc(COc2ccc(C#N)cc2)c1. The quantitative estimate of drug-likeness (QED) is 0.613. The Morgan fingerprint density at radius 1 is 1.06 bits per heavy atom. The molecule has 0 bridgehead atoms. The molecule has 3 aromatic rings. The summed E-state index contributed by atoms with van der Waals surface area (Å²) in [5.74, 6) is 0.358. The maximum Gasteiger partial charge on any atom is 0.253 e. The fourth-order valence-electron chi connectivity index (χ4n) is 3.05. The average Bonchev–Trinajstić information content (AvgIpc) is 2.77. The van der Waals surface area contributed by atoms with E-state index in [0.29, 0.717) is 22.4 Å². The summed E-state index contributed by atoms with van der Waals surface area (Å²) >= 11 is 0. The third kappa shape index (κ3) is 5.69. The lowest BCUT2D eigenvalue weighted by atomic mass is 10.1. The third-order valence-electron chi connectivity index (χ3n) is 4.60. The summed E-state index contributed by atoms with van der Waals surface area (Å²) in [4.78, 5) is 14.3.